The van der Waals surface area contributed by atoms with Crippen LogP contribution in [0.5, 0.6) is 0 Å². The summed E-state index contributed by atoms with van der Waals surface area (Å²) in [6.07, 6.45) is 8.27. The highest BCUT2D eigenvalue weighted by Gasteiger charge is 2.24. The molecule has 1 nitrogen and oxygen atoms in total. The van der Waals surface area contributed by atoms with Crippen molar-refractivity contribution in [1.82, 2.24) is 5.32 Å². The van der Waals surface area contributed by atoms with E-state index in [-0.39, 0.29) is 0 Å². The van der Waals surface area contributed by atoms with Crippen LogP contribution in [0.4, 0.5) is 0 Å². The number of aryl methyl sites for hydroxylation is 3. The maximum Gasteiger partial charge on any atom is 0.00983 e. The van der Waals surface area contributed by atoms with Crippen LogP contribution in [0.1, 0.15) is 55.7 Å². The van der Waals surface area contributed by atoms with Crippen molar-refractivity contribution in [1.29, 1.82) is 0 Å². The van der Waals surface area contributed by atoms with Crippen LogP contribution in [0.2, 0.25) is 0 Å². The van der Waals surface area contributed by atoms with Gasteiger partial charge in [-0.2, -0.15) is 0 Å². The Hall–Kier alpha value is -0.820. The third kappa shape index (κ3) is 4.07. The van der Waals surface area contributed by atoms with E-state index < -0.39 is 0 Å². The summed E-state index contributed by atoms with van der Waals surface area (Å²) >= 11 is 0. The molecule has 1 fully saturated rings. The lowest BCUT2D eigenvalue weighted by Crippen LogP contribution is -2.35. The van der Waals surface area contributed by atoms with Crippen LogP contribution in [0.25, 0.3) is 0 Å². The van der Waals surface area contributed by atoms with Crippen molar-refractivity contribution in [2.45, 2.75) is 65.3 Å². The molecule has 0 aliphatic heterocycles. The quantitative estimate of drug-likeness (QED) is 0.798. The van der Waals surface area contributed by atoms with Crippen LogP contribution in [-0.2, 0) is 6.42 Å². The van der Waals surface area contributed by atoms with Crippen LogP contribution in [-0.4, -0.2) is 12.6 Å². The van der Waals surface area contributed by atoms with E-state index in [0.717, 1.165) is 18.5 Å². The summed E-state index contributed by atoms with van der Waals surface area (Å²) in [7, 11) is 0. The van der Waals surface area contributed by atoms with E-state index in [1.54, 1.807) is 5.56 Å². The molecule has 1 heteroatoms. The molecule has 0 radical (unpaired) electrons. The first-order valence-electron chi connectivity index (χ1n) is 8.00. The van der Waals surface area contributed by atoms with E-state index in [0.29, 0.717) is 0 Å². The van der Waals surface area contributed by atoms with Crippen LogP contribution >= 0.6 is 0 Å². The maximum absolute atomic E-state index is 3.73. The zero-order valence-corrected chi connectivity index (χ0v) is 12.8. The smallest absolute Gasteiger partial charge is 0.00983 e. The summed E-state index contributed by atoms with van der Waals surface area (Å²) in [4.78, 5) is 0. The number of rotatable bonds is 6. The number of hydrogen-bond acceptors (Lipinski definition) is 1. The fraction of sp³-hybridized carbons (Fsp3) is 0.667. The molecule has 1 aromatic rings. The van der Waals surface area contributed by atoms with E-state index in [9.17, 15) is 0 Å². The van der Waals surface area contributed by atoms with Gasteiger partial charge in [-0.3, -0.25) is 0 Å². The molecular weight excluding hydrogens is 230 g/mol. The molecule has 0 amide bonds. The monoisotopic (exact) mass is 259 g/mol. The van der Waals surface area contributed by atoms with Crippen LogP contribution in [0.3, 0.4) is 0 Å². The van der Waals surface area contributed by atoms with Crippen molar-refractivity contribution in [3.63, 3.8) is 0 Å². The minimum Gasteiger partial charge on any atom is -0.314 e. The molecule has 0 spiro atoms. The molecular formula is C18H29N. The lowest BCUT2D eigenvalue weighted by atomic mass is 9.91. The minimum absolute atomic E-state index is 0.729. The molecule has 0 heterocycles. The summed E-state index contributed by atoms with van der Waals surface area (Å²) in [6, 6.07) is 7.58. The molecule has 0 saturated heterocycles. The van der Waals surface area contributed by atoms with Crippen molar-refractivity contribution in [3.05, 3.63) is 34.9 Å². The Balaban J connectivity index is 1.95. The first-order chi connectivity index (χ1) is 9.20. The number of hydrogen-bond donors (Lipinski definition) is 1. The maximum atomic E-state index is 3.73. The highest BCUT2D eigenvalue weighted by molar-refractivity contribution is 5.30. The molecule has 19 heavy (non-hydrogen) atoms. The largest absolute Gasteiger partial charge is 0.314 e. The van der Waals surface area contributed by atoms with E-state index in [2.05, 4.69) is 44.3 Å². The van der Waals surface area contributed by atoms with Gasteiger partial charge in [0.1, 0.15) is 0 Å². The highest BCUT2D eigenvalue weighted by Crippen LogP contribution is 2.29. The molecule has 1 unspecified atom stereocenters. The number of nitrogens with one attached hydrogen (secondary N) is 1. The molecule has 1 aliphatic rings. The summed E-state index contributed by atoms with van der Waals surface area (Å²) in [6.45, 7) is 7.78. The molecule has 106 valence electrons. The van der Waals surface area contributed by atoms with E-state index in [4.69, 9.17) is 0 Å². The topological polar surface area (TPSA) is 12.0 Å². The van der Waals surface area contributed by atoms with Crippen molar-refractivity contribution in [2.24, 2.45) is 5.92 Å². The second-order valence-electron chi connectivity index (χ2n) is 6.18. The normalized spacial score (nSPS) is 17.8. The van der Waals surface area contributed by atoms with Gasteiger partial charge >= 0.3 is 0 Å². The zero-order valence-electron chi connectivity index (χ0n) is 12.8. The van der Waals surface area contributed by atoms with Crippen LogP contribution < -0.4 is 5.32 Å². The summed E-state index contributed by atoms with van der Waals surface area (Å²) in [5.41, 5.74) is 4.38. The van der Waals surface area contributed by atoms with Gasteiger partial charge in [-0.25, -0.2) is 0 Å². The van der Waals surface area contributed by atoms with Gasteiger partial charge in [-0.15, -0.1) is 0 Å². The van der Waals surface area contributed by atoms with Gasteiger partial charge in [0.15, 0.2) is 0 Å². The number of benzene rings is 1. The summed E-state index contributed by atoms with van der Waals surface area (Å²) in [5, 5.41) is 3.73. The van der Waals surface area contributed by atoms with E-state index in [1.165, 1.54) is 49.7 Å². The first-order valence-corrected chi connectivity index (χ1v) is 8.00. The third-order valence-electron chi connectivity index (χ3n) is 4.66. The summed E-state index contributed by atoms with van der Waals surface area (Å²) < 4.78 is 0. The van der Waals surface area contributed by atoms with Crippen molar-refractivity contribution in [2.75, 3.05) is 6.54 Å². The molecule has 1 aromatic carbocycles. The van der Waals surface area contributed by atoms with Gasteiger partial charge in [-0.05, 0) is 63.1 Å². The Morgan fingerprint density at radius 3 is 2.63 bits per heavy atom. The van der Waals surface area contributed by atoms with Gasteiger partial charge in [-0.1, -0.05) is 43.5 Å². The van der Waals surface area contributed by atoms with Gasteiger partial charge in [0, 0.05) is 6.04 Å². The molecule has 1 N–H and O–H groups in total. The van der Waals surface area contributed by atoms with Crippen molar-refractivity contribution < 1.29 is 0 Å². The van der Waals surface area contributed by atoms with Crippen molar-refractivity contribution in [3.8, 4) is 0 Å². The Morgan fingerprint density at radius 2 is 1.95 bits per heavy atom. The lowest BCUT2D eigenvalue weighted by molar-refractivity contribution is 0.346. The fourth-order valence-electron chi connectivity index (χ4n) is 3.51. The van der Waals surface area contributed by atoms with Crippen LogP contribution in [0, 0.1) is 19.8 Å². The Labute approximate surface area is 118 Å². The van der Waals surface area contributed by atoms with Crippen LogP contribution in [0.15, 0.2) is 18.2 Å². The Kier molecular flexibility index (Phi) is 5.45. The van der Waals surface area contributed by atoms with Gasteiger partial charge in [0.2, 0.25) is 0 Å². The van der Waals surface area contributed by atoms with E-state index >= 15 is 0 Å². The average Bonchev–Trinajstić information content (AvgIpc) is 2.92. The zero-order chi connectivity index (χ0) is 13.7. The predicted molar refractivity (Wildman–Crippen MR) is 83.7 cm³/mol. The SMILES string of the molecule is CCNC(CCc1cc(C)ccc1C)C1CCCC1. The predicted octanol–water partition coefficient (Wildman–Crippen LogP) is 4.40. The summed E-state index contributed by atoms with van der Waals surface area (Å²) in [5.74, 6) is 0.921. The molecule has 0 bridgehead atoms. The van der Waals surface area contributed by atoms with Crippen molar-refractivity contribution >= 4 is 0 Å². The molecule has 2 rings (SSSR count). The second-order valence-corrected chi connectivity index (χ2v) is 6.18. The Bertz CT molecular complexity index is 391. The highest BCUT2D eigenvalue weighted by atomic mass is 14.9. The van der Waals surface area contributed by atoms with Gasteiger partial charge in [0.05, 0.1) is 0 Å². The molecule has 1 atom stereocenters. The standard InChI is InChI=1S/C18H29N/c1-4-19-18(16-7-5-6-8-16)12-11-17-13-14(2)9-10-15(17)3/h9-10,13,16,18-19H,4-8,11-12H2,1-3H3. The molecule has 1 saturated carbocycles. The Morgan fingerprint density at radius 1 is 1.21 bits per heavy atom. The van der Waals surface area contributed by atoms with E-state index in [1.807, 2.05) is 0 Å². The average molecular weight is 259 g/mol. The molecule has 1 aliphatic carbocycles. The third-order valence-corrected chi connectivity index (χ3v) is 4.66. The first kappa shape index (κ1) is 14.6. The molecule has 0 aromatic heterocycles. The van der Waals surface area contributed by atoms with Gasteiger partial charge < -0.3 is 5.32 Å². The lowest BCUT2D eigenvalue weighted by Gasteiger charge is -2.24. The fourth-order valence-corrected chi connectivity index (χ4v) is 3.51. The second kappa shape index (κ2) is 7.09. The minimum atomic E-state index is 0.729. The van der Waals surface area contributed by atoms with Gasteiger partial charge in [0.25, 0.3) is 0 Å².